The van der Waals surface area contributed by atoms with Crippen molar-refractivity contribution >= 4 is 68.6 Å². The molecule has 376 valence electrons. The number of aryl methyl sites for hydroxylation is 1. The van der Waals surface area contributed by atoms with E-state index in [-0.39, 0.29) is 66.8 Å². The van der Waals surface area contributed by atoms with Gasteiger partial charge in [0.25, 0.3) is 10.0 Å². The van der Waals surface area contributed by atoms with Crippen LogP contribution in [0.2, 0.25) is 0 Å². The first kappa shape index (κ1) is 54.6. The number of hydrogen-bond donors (Lipinski definition) is 4. The predicted molar refractivity (Wildman–Crippen MR) is 277 cm³/mol. The second-order valence-corrected chi connectivity index (χ2v) is 23.8. The number of nitrogens with one attached hydrogen (secondary N) is 2. The number of imidazole rings is 1. The minimum absolute atomic E-state index is 0. The summed E-state index contributed by atoms with van der Waals surface area (Å²) < 4.78 is 35.7. The molecule has 0 unspecified atom stereocenters. The Morgan fingerprint density at radius 2 is 1.83 bits per heavy atom. The number of ether oxygens (including phenoxy) is 1. The number of aromatic nitrogens is 3. The van der Waals surface area contributed by atoms with Crippen LogP contribution in [-0.2, 0) is 43.9 Å². The SMILES string of the molecule is C/C(=C\c1csc(C)n1)[C@@H]1C[C@@H]2O[C@]2(C)CCC[C@H](C)[C@H](O)[C@@H](C)C(=O)C(C)(C)[C@@H](O)CC(=O)N1.Cl.N#Cc1ccc2c(c1)CN(S(=O)(=O)c1cccs1)[C@H](Cc1ccccc1)CN2Cc1cnc[nH]1. The molecule has 70 heavy (non-hydrogen) atoms. The van der Waals surface area contributed by atoms with Crippen LogP contribution in [0.4, 0.5) is 5.69 Å². The molecule has 18 heteroatoms. The van der Waals surface area contributed by atoms with E-state index in [0.29, 0.717) is 35.7 Å². The number of sulfonamides is 1. The van der Waals surface area contributed by atoms with E-state index in [0.717, 1.165) is 58.0 Å². The smallest absolute Gasteiger partial charge is 0.253 e. The van der Waals surface area contributed by atoms with Gasteiger partial charge in [-0.1, -0.05) is 70.5 Å². The van der Waals surface area contributed by atoms with Gasteiger partial charge >= 0.3 is 0 Å². The Labute approximate surface area is 426 Å². The summed E-state index contributed by atoms with van der Waals surface area (Å²) in [5, 5.41) is 39.1. The van der Waals surface area contributed by atoms with Crippen LogP contribution in [0.3, 0.4) is 0 Å². The molecule has 8 rings (SSSR count). The maximum atomic E-state index is 13.8. The summed E-state index contributed by atoms with van der Waals surface area (Å²) in [6.07, 6.45) is 6.98. The van der Waals surface area contributed by atoms with Gasteiger partial charge in [0.15, 0.2) is 0 Å². The fraction of sp³-hybridized carbons (Fsp3) is 0.481. The number of aliphatic hydroxyl groups is 2. The number of Topliss-reactive ketones (excluding diaryl/α,β-unsaturated/α-hetero) is 1. The molecule has 1 amide bonds. The number of aliphatic hydroxyl groups excluding tert-OH is 2. The molecule has 2 aromatic carbocycles. The molecule has 3 aliphatic heterocycles. The highest BCUT2D eigenvalue weighted by atomic mass is 35.5. The third kappa shape index (κ3) is 13.0. The number of fused-ring (bicyclic) bond motifs is 2. The zero-order chi connectivity index (χ0) is 49.7. The molecule has 8 atom stereocenters. The third-order valence-corrected chi connectivity index (χ3v) is 18.1. The van der Waals surface area contributed by atoms with Crippen molar-refractivity contribution in [2.24, 2.45) is 17.3 Å². The van der Waals surface area contributed by atoms with E-state index in [1.54, 1.807) is 78.6 Å². The number of rotatable bonds is 8. The van der Waals surface area contributed by atoms with E-state index in [4.69, 9.17) is 4.74 Å². The predicted octanol–water partition coefficient (Wildman–Crippen LogP) is 8.64. The second-order valence-electron chi connectivity index (χ2n) is 19.6. The number of thiazole rings is 1. The zero-order valence-electron chi connectivity index (χ0n) is 40.9. The number of H-pyrrole nitrogens is 1. The van der Waals surface area contributed by atoms with Crippen LogP contribution in [0.1, 0.15) is 107 Å². The molecule has 6 heterocycles. The minimum atomic E-state index is -3.74. The van der Waals surface area contributed by atoms with E-state index in [1.165, 1.54) is 11.3 Å². The van der Waals surface area contributed by atoms with Gasteiger partial charge in [0.05, 0.1) is 82.7 Å². The highest BCUT2D eigenvalue weighted by molar-refractivity contribution is 7.91. The number of anilines is 1. The van der Waals surface area contributed by atoms with Crippen LogP contribution >= 0.6 is 35.1 Å². The van der Waals surface area contributed by atoms with Gasteiger partial charge in [-0.15, -0.1) is 35.1 Å². The standard InChI is InChI=1S/C27H42N2O5S.C25H23N5O2S2.ClH/c1-15-9-8-10-27(7)22(34-27)12-20(16(2)11-19-14-35-18(4)28-19)29-23(31)13-21(30)26(5,6)25(33)17(3)24(15)32;26-13-20-8-9-24-21(11-20)15-30(34(31,32)25-7-4-10-33-25)23(12-19-5-2-1-3-6-19)17-29(24)16-22-14-27-18-28-22;/h11,14-15,17,20-22,24,30,32H,8-10,12-13H2,1-7H3,(H,29,31);1-11,14,18,23H,12,15-17H2,(H,27,28);1H/b16-11+;;/t15-,17+,20-,21-,22-,24-,27+;23-;/m01./s1. The maximum absolute atomic E-state index is 13.8. The van der Waals surface area contributed by atoms with E-state index in [9.17, 15) is 33.5 Å². The van der Waals surface area contributed by atoms with Crippen molar-refractivity contribution in [3.05, 3.63) is 123 Å². The number of aromatic amines is 1. The Bertz CT molecular complexity index is 2730. The number of thiophene rings is 1. The van der Waals surface area contributed by atoms with Crippen molar-refractivity contribution in [1.29, 1.82) is 5.26 Å². The normalized spacial score (nSPS) is 26.8. The fourth-order valence-corrected chi connectivity index (χ4v) is 12.9. The fourth-order valence-electron chi connectivity index (χ4n) is 9.61. The van der Waals surface area contributed by atoms with Gasteiger partial charge in [0.2, 0.25) is 5.91 Å². The summed E-state index contributed by atoms with van der Waals surface area (Å²) in [5.41, 5.74) is 4.67. The Morgan fingerprint density at radius 3 is 2.49 bits per heavy atom. The summed E-state index contributed by atoms with van der Waals surface area (Å²) in [4.78, 5) is 40.3. The molecule has 0 radical (unpaired) electrons. The quantitative estimate of drug-likeness (QED) is 0.108. The van der Waals surface area contributed by atoms with E-state index in [2.05, 4.69) is 38.2 Å². The van der Waals surface area contributed by atoms with E-state index in [1.807, 2.05) is 68.6 Å². The van der Waals surface area contributed by atoms with E-state index < -0.39 is 33.6 Å². The van der Waals surface area contributed by atoms with Gasteiger partial charge in [-0.05, 0) is 98.4 Å². The van der Waals surface area contributed by atoms with Crippen LogP contribution in [-0.4, -0.2) is 92.1 Å². The highest BCUT2D eigenvalue weighted by Gasteiger charge is 2.52. The molecule has 0 spiro atoms. The number of nitrogens with zero attached hydrogens (tertiary/aromatic N) is 5. The van der Waals surface area contributed by atoms with Crippen molar-refractivity contribution < 1.29 is 33.0 Å². The Hall–Kier alpha value is -4.77. The lowest BCUT2D eigenvalue weighted by Crippen LogP contribution is -2.47. The van der Waals surface area contributed by atoms with Gasteiger partial charge in [-0.25, -0.2) is 18.4 Å². The average molecular weight is 1030 g/mol. The van der Waals surface area contributed by atoms with Crippen LogP contribution in [0.5, 0.6) is 0 Å². The number of carbonyl (C=O) groups excluding carboxylic acids is 2. The number of halogens is 1. The van der Waals surface area contributed by atoms with Crippen molar-refractivity contribution in [3.8, 4) is 6.07 Å². The van der Waals surface area contributed by atoms with Crippen molar-refractivity contribution in [1.82, 2.24) is 24.6 Å². The molecule has 3 aliphatic rings. The monoisotopic (exact) mass is 1030 g/mol. The van der Waals surface area contributed by atoms with Crippen LogP contribution in [0, 0.1) is 35.5 Å². The number of benzene rings is 2. The Morgan fingerprint density at radius 1 is 1.07 bits per heavy atom. The Kier molecular flexibility index (Phi) is 18.1. The molecule has 0 aliphatic carbocycles. The number of epoxide rings is 1. The van der Waals surface area contributed by atoms with Crippen molar-refractivity contribution in [2.45, 2.75) is 140 Å². The minimum Gasteiger partial charge on any atom is -0.392 e. The van der Waals surface area contributed by atoms with E-state index >= 15 is 0 Å². The summed E-state index contributed by atoms with van der Waals surface area (Å²) in [6, 6.07) is 20.5. The van der Waals surface area contributed by atoms with Crippen LogP contribution in [0.15, 0.2) is 93.7 Å². The lowest BCUT2D eigenvalue weighted by Gasteiger charge is -2.34. The maximum Gasteiger partial charge on any atom is 0.253 e. The molecule has 0 bridgehead atoms. The van der Waals surface area contributed by atoms with Crippen LogP contribution in [0.25, 0.3) is 6.08 Å². The zero-order valence-corrected chi connectivity index (χ0v) is 44.1. The highest BCUT2D eigenvalue weighted by Crippen LogP contribution is 2.45. The topological polar surface area (TPSA) is 205 Å². The van der Waals surface area contributed by atoms with Crippen molar-refractivity contribution in [2.75, 3.05) is 11.4 Å². The second kappa shape index (κ2) is 23.2. The molecule has 2 fully saturated rings. The first-order chi connectivity index (χ1) is 32.8. The molecule has 4 N–H and O–H groups in total. The molecular formula is C52H66ClN7O7S3. The first-order valence-electron chi connectivity index (χ1n) is 23.6. The summed E-state index contributed by atoms with van der Waals surface area (Å²) in [7, 11) is -3.74. The molecule has 14 nitrogen and oxygen atoms in total. The van der Waals surface area contributed by atoms with Gasteiger partial charge in [0, 0.05) is 48.7 Å². The Balaban J connectivity index is 0.000000226. The summed E-state index contributed by atoms with van der Waals surface area (Å²) in [6.45, 7) is 14.3. The van der Waals surface area contributed by atoms with Gasteiger partial charge in [-0.2, -0.15) is 9.57 Å². The lowest BCUT2D eigenvalue weighted by atomic mass is 9.72. The van der Waals surface area contributed by atoms with Crippen molar-refractivity contribution in [3.63, 3.8) is 0 Å². The number of amides is 1. The number of ketones is 1. The first-order valence-corrected chi connectivity index (χ1v) is 26.8. The molecule has 5 aromatic rings. The summed E-state index contributed by atoms with van der Waals surface area (Å²) in [5.74, 6) is -1.24. The average Bonchev–Trinajstić information content (AvgIpc) is 3.86. The molecule has 0 saturated carbocycles. The van der Waals surface area contributed by atoms with Gasteiger partial charge < -0.3 is 30.2 Å². The number of nitriles is 1. The summed E-state index contributed by atoms with van der Waals surface area (Å²) >= 11 is 2.80. The number of hydrogen-bond acceptors (Lipinski definition) is 13. The third-order valence-electron chi connectivity index (χ3n) is 14.1. The molecule has 2 saturated heterocycles. The van der Waals surface area contributed by atoms with Gasteiger partial charge in [0.1, 0.15) is 9.99 Å². The largest absolute Gasteiger partial charge is 0.392 e. The molecular weight excluding hydrogens is 966 g/mol. The van der Waals surface area contributed by atoms with Gasteiger partial charge in [-0.3, -0.25) is 9.59 Å². The van der Waals surface area contributed by atoms with Crippen LogP contribution < -0.4 is 10.2 Å². The molecule has 3 aromatic heterocycles. The number of carbonyl (C=O) groups is 2. The lowest BCUT2D eigenvalue weighted by molar-refractivity contribution is -0.143.